The van der Waals surface area contributed by atoms with E-state index in [4.69, 9.17) is 4.74 Å². The summed E-state index contributed by atoms with van der Waals surface area (Å²) >= 11 is 0. The van der Waals surface area contributed by atoms with E-state index in [1.807, 2.05) is 31.2 Å². The first-order valence-corrected chi connectivity index (χ1v) is 8.19. The molecule has 0 bridgehead atoms. The predicted octanol–water partition coefficient (Wildman–Crippen LogP) is 5.12. The summed E-state index contributed by atoms with van der Waals surface area (Å²) in [6, 6.07) is 7.66. The third kappa shape index (κ3) is 3.87. The van der Waals surface area contributed by atoms with Gasteiger partial charge in [-0.05, 0) is 56.1 Å². The number of hydrogen-bond acceptors (Lipinski definition) is 2. The van der Waals surface area contributed by atoms with Gasteiger partial charge in [-0.3, -0.25) is 4.79 Å². The third-order valence-electron chi connectivity index (χ3n) is 4.78. The SMILES string of the molecule is CCOc1ccccc1C(=O)C1CCC(C(C)(C)C)CC1. The van der Waals surface area contributed by atoms with Crippen molar-refractivity contribution in [1.29, 1.82) is 0 Å². The molecule has 1 fully saturated rings. The highest BCUT2D eigenvalue weighted by Crippen LogP contribution is 2.41. The van der Waals surface area contributed by atoms with Gasteiger partial charge in [-0.25, -0.2) is 0 Å². The van der Waals surface area contributed by atoms with Crippen LogP contribution in [-0.4, -0.2) is 12.4 Å². The van der Waals surface area contributed by atoms with Gasteiger partial charge in [0.2, 0.25) is 0 Å². The minimum absolute atomic E-state index is 0.171. The molecule has 2 nitrogen and oxygen atoms in total. The molecule has 0 amide bonds. The maximum absolute atomic E-state index is 12.8. The highest BCUT2D eigenvalue weighted by Gasteiger charge is 2.33. The van der Waals surface area contributed by atoms with Crippen LogP contribution in [0.4, 0.5) is 0 Å². The fourth-order valence-electron chi connectivity index (χ4n) is 3.39. The summed E-state index contributed by atoms with van der Waals surface area (Å²) in [5.74, 6) is 1.92. The van der Waals surface area contributed by atoms with E-state index in [9.17, 15) is 4.79 Å². The first kappa shape index (κ1) is 16.1. The van der Waals surface area contributed by atoms with Crippen molar-refractivity contribution in [3.8, 4) is 5.75 Å². The number of para-hydroxylation sites is 1. The zero-order chi connectivity index (χ0) is 15.5. The first-order chi connectivity index (χ1) is 9.93. The van der Waals surface area contributed by atoms with Crippen molar-refractivity contribution in [3.05, 3.63) is 29.8 Å². The Morgan fingerprint density at radius 1 is 1.14 bits per heavy atom. The molecule has 0 atom stereocenters. The molecule has 0 unspecified atom stereocenters. The first-order valence-electron chi connectivity index (χ1n) is 8.19. The van der Waals surface area contributed by atoms with Crippen LogP contribution >= 0.6 is 0 Å². The van der Waals surface area contributed by atoms with Gasteiger partial charge in [0.25, 0.3) is 0 Å². The summed E-state index contributed by atoms with van der Waals surface area (Å²) in [5.41, 5.74) is 1.12. The molecule has 116 valence electrons. The van der Waals surface area contributed by atoms with Gasteiger partial charge < -0.3 is 4.74 Å². The van der Waals surface area contributed by atoms with Gasteiger partial charge >= 0.3 is 0 Å². The maximum Gasteiger partial charge on any atom is 0.169 e. The van der Waals surface area contributed by atoms with Crippen molar-refractivity contribution in [3.63, 3.8) is 0 Å². The van der Waals surface area contributed by atoms with Gasteiger partial charge in [-0.15, -0.1) is 0 Å². The van der Waals surface area contributed by atoms with E-state index >= 15 is 0 Å². The normalized spacial score (nSPS) is 22.9. The fourth-order valence-corrected chi connectivity index (χ4v) is 3.39. The van der Waals surface area contributed by atoms with Crippen LogP contribution in [0.3, 0.4) is 0 Å². The van der Waals surface area contributed by atoms with Gasteiger partial charge in [0.05, 0.1) is 12.2 Å². The van der Waals surface area contributed by atoms with Crippen LogP contribution in [0.15, 0.2) is 24.3 Å². The summed E-state index contributed by atoms with van der Waals surface area (Å²) in [7, 11) is 0. The van der Waals surface area contributed by atoms with E-state index < -0.39 is 0 Å². The monoisotopic (exact) mass is 288 g/mol. The van der Waals surface area contributed by atoms with E-state index in [0.717, 1.165) is 42.9 Å². The van der Waals surface area contributed by atoms with E-state index in [1.165, 1.54) is 0 Å². The largest absolute Gasteiger partial charge is 0.493 e. The van der Waals surface area contributed by atoms with Crippen molar-refractivity contribution < 1.29 is 9.53 Å². The van der Waals surface area contributed by atoms with Gasteiger partial charge in [-0.1, -0.05) is 32.9 Å². The lowest BCUT2D eigenvalue weighted by Crippen LogP contribution is -2.29. The summed E-state index contributed by atoms with van der Waals surface area (Å²) < 4.78 is 5.60. The lowest BCUT2D eigenvalue weighted by Gasteiger charge is -2.36. The lowest BCUT2D eigenvalue weighted by molar-refractivity contribution is 0.0816. The Morgan fingerprint density at radius 3 is 2.33 bits per heavy atom. The Morgan fingerprint density at radius 2 is 1.76 bits per heavy atom. The van der Waals surface area contributed by atoms with Gasteiger partial charge in [0.1, 0.15) is 5.75 Å². The zero-order valence-electron chi connectivity index (χ0n) is 13.8. The molecule has 2 rings (SSSR count). The van der Waals surface area contributed by atoms with Gasteiger partial charge in [0, 0.05) is 5.92 Å². The minimum atomic E-state index is 0.171. The third-order valence-corrected chi connectivity index (χ3v) is 4.78. The number of hydrogen-bond donors (Lipinski definition) is 0. The van der Waals surface area contributed by atoms with Crippen molar-refractivity contribution >= 4 is 5.78 Å². The molecular formula is C19H28O2. The summed E-state index contributed by atoms with van der Waals surface area (Å²) in [5, 5.41) is 0. The average molecular weight is 288 g/mol. The standard InChI is InChI=1S/C19H28O2/c1-5-21-17-9-7-6-8-16(17)18(20)14-10-12-15(13-11-14)19(2,3)4/h6-9,14-15H,5,10-13H2,1-4H3. The Bertz CT molecular complexity index is 477. The molecule has 1 saturated carbocycles. The topological polar surface area (TPSA) is 26.3 Å². The molecule has 0 spiro atoms. The van der Waals surface area contributed by atoms with E-state index in [2.05, 4.69) is 20.8 Å². The molecule has 1 aromatic carbocycles. The molecule has 1 aliphatic rings. The number of Topliss-reactive ketones (excluding diaryl/α,β-unsaturated/α-hetero) is 1. The van der Waals surface area contributed by atoms with Crippen molar-refractivity contribution in [2.75, 3.05) is 6.61 Å². The van der Waals surface area contributed by atoms with Gasteiger partial charge in [0.15, 0.2) is 5.78 Å². The lowest BCUT2D eigenvalue weighted by atomic mass is 9.68. The van der Waals surface area contributed by atoms with Crippen LogP contribution in [-0.2, 0) is 0 Å². The summed E-state index contributed by atoms with van der Waals surface area (Å²) in [6.07, 6.45) is 4.36. The molecule has 1 aliphatic carbocycles. The molecule has 0 aromatic heterocycles. The van der Waals surface area contributed by atoms with Crippen molar-refractivity contribution in [1.82, 2.24) is 0 Å². The molecule has 0 heterocycles. The molecule has 0 saturated heterocycles. The maximum atomic E-state index is 12.8. The number of ether oxygens (including phenoxy) is 1. The van der Waals surface area contributed by atoms with E-state index in [-0.39, 0.29) is 11.7 Å². The average Bonchev–Trinajstić information content (AvgIpc) is 2.47. The van der Waals surface area contributed by atoms with Crippen molar-refractivity contribution in [2.45, 2.75) is 53.4 Å². The fraction of sp³-hybridized carbons (Fsp3) is 0.632. The van der Waals surface area contributed by atoms with Gasteiger partial charge in [-0.2, -0.15) is 0 Å². The second kappa shape index (κ2) is 6.64. The predicted molar refractivity (Wildman–Crippen MR) is 86.8 cm³/mol. The molecule has 0 N–H and O–H groups in total. The van der Waals surface area contributed by atoms with E-state index in [0.29, 0.717) is 12.0 Å². The molecular weight excluding hydrogens is 260 g/mol. The highest BCUT2D eigenvalue weighted by atomic mass is 16.5. The molecule has 2 heteroatoms. The second-order valence-electron chi connectivity index (χ2n) is 7.21. The minimum Gasteiger partial charge on any atom is -0.493 e. The molecule has 21 heavy (non-hydrogen) atoms. The summed E-state index contributed by atoms with van der Waals surface area (Å²) in [6.45, 7) is 9.48. The van der Waals surface area contributed by atoms with Crippen LogP contribution in [0.2, 0.25) is 0 Å². The number of carbonyl (C=O) groups excluding carboxylic acids is 1. The van der Waals surface area contributed by atoms with Crippen LogP contribution in [0, 0.1) is 17.3 Å². The van der Waals surface area contributed by atoms with Crippen LogP contribution in [0.5, 0.6) is 5.75 Å². The Balaban J connectivity index is 2.06. The Kier molecular flexibility index (Phi) is 5.08. The smallest absolute Gasteiger partial charge is 0.169 e. The van der Waals surface area contributed by atoms with Crippen LogP contribution in [0.25, 0.3) is 0 Å². The van der Waals surface area contributed by atoms with Crippen LogP contribution < -0.4 is 4.74 Å². The molecule has 0 aliphatic heterocycles. The number of benzene rings is 1. The summed E-state index contributed by atoms with van der Waals surface area (Å²) in [4.78, 5) is 12.8. The van der Waals surface area contributed by atoms with Crippen LogP contribution in [0.1, 0.15) is 63.7 Å². The molecule has 0 radical (unpaired) electrons. The Labute approximate surface area is 128 Å². The quantitative estimate of drug-likeness (QED) is 0.719. The Hall–Kier alpha value is -1.31. The van der Waals surface area contributed by atoms with E-state index in [1.54, 1.807) is 0 Å². The highest BCUT2D eigenvalue weighted by molar-refractivity contribution is 6.00. The number of ketones is 1. The van der Waals surface area contributed by atoms with Crippen molar-refractivity contribution in [2.24, 2.45) is 17.3 Å². The molecule has 1 aromatic rings. The number of rotatable bonds is 4. The zero-order valence-corrected chi connectivity index (χ0v) is 13.8. The number of carbonyl (C=O) groups is 1. The second-order valence-corrected chi connectivity index (χ2v) is 7.21.